The summed E-state index contributed by atoms with van der Waals surface area (Å²) in [5, 5.41) is 29.2. The summed E-state index contributed by atoms with van der Waals surface area (Å²) in [7, 11) is 0. The Morgan fingerprint density at radius 1 is 1.23 bits per heavy atom. The lowest BCUT2D eigenvalue weighted by Gasteiger charge is -2.22. The van der Waals surface area contributed by atoms with Gasteiger partial charge in [-0.25, -0.2) is 0 Å². The normalized spacial score (nSPS) is 25.7. The predicted molar refractivity (Wildman–Crippen MR) is 102 cm³/mol. The van der Waals surface area contributed by atoms with Gasteiger partial charge in [0.25, 0.3) is 0 Å². The minimum absolute atomic E-state index is 0.121. The summed E-state index contributed by atoms with van der Waals surface area (Å²) in [5.74, 6) is -0.959. The summed E-state index contributed by atoms with van der Waals surface area (Å²) in [6.45, 7) is 3.93. The summed E-state index contributed by atoms with van der Waals surface area (Å²) in [5.41, 5.74) is -0.736. The van der Waals surface area contributed by atoms with E-state index in [1.165, 1.54) is 0 Å². The number of hydrogen-bond acceptors (Lipinski definition) is 4. The third-order valence-electron chi connectivity index (χ3n) is 5.37. The van der Waals surface area contributed by atoms with Crippen LogP contribution >= 0.6 is 0 Å². The first-order chi connectivity index (χ1) is 12.3. The van der Waals surface area contributed by atoms with Gasteiger partial charge in [-0.1, -0.05) is 51.2 Å². The van der Waals surface area contributed by atoms with E-state index in [0.717, 1.165) is 44.9 Å². The van der Waals surface area contributed by atoms with Crippen molar-refractivity contribution in [3.8, 4) is 0 Å². The highest BCUT2D eigenvalue weighted by atomic mass is 16.4. The summed E-state index contributed by atoms with van der Waals surface area (Å²) >= 11 is 0. The molecule has 5 heteroatoms. The molecule has 0 aromatic rings. The van der Waals surface area contributed by atoms with Gasteiger partial charge in [-0.05, 0) is 32.6 Å². The van der Waals surface area contributed by atoms with Gasteiger partial charge in [0, 0.05) is 24.7 Å². The van der Waals surface area contributed by atoms with E-state index in [1.807, 2.05) is 19.1 Å². The second-order valence-electron chi connectivity index (χ2n) is 8.00. The molecule has 0 radical (unpaired) electrons. The molecule has 1 fully saturated rings. The summed E-state index contributed by atoms with van der Waals surface area (Å²) < 4.78 is 0. The number of unbranched alkanes of at least 4 members (excludes halogenated alkanes) is 4. The minimum atomic E-state index is -0.765. The van der Waals surface area contributed by atoms with E-state index in [0.29, 0.717) is 12.8 Å². The van der Waals surface area contributed by atoms with Crippen LogP contribution in [0.1, 0.15) is 84.5 Å². The van der Waals surface area contributed by atoms with Crippen LogP contribution in [0.3, 0.4) is 0 Å². The van der Waals surface area contributed by atoms with Gasteiger partial charge in [0.15, 0.2) is 0 Å². The Morgan fingerprint density at radius 3 is 2.58 bits per heavy atom. The maximum Gasteiger partial charge on any atom is 0.303 e. The van der Waals surface area contributed by atoms with Crippen LogP contribution in [0, 0.1) is 11.8 Å². The second kappa shape index (κ2) is 11.5. The van der Waals surface area contributed by atoms with Crippen LogP contribution in [-0.4, -0.2) is 38.8 Å². The quantitative estimate of drug-likeness (QED) is 0.339. The largest absolute Gasteiger partial charge is 0.481 e. The number of Topliss-reactive ketones (excluding diaryl/α,β-unsaturated/α-hetero) is 1. The van der Waals surface area contributed by atoms with Crippen molar-refractivity contribution in [2.45, 2.75) is 96.2 Å². The summed E-state index contributed by atoms with van der Waals surface area (Å²) in [6, 6.07) is 0. The Kier molecular flexibility index (Phi) is 10.1. The molecule has 1 aliphatic rings. The monoisotopic (exact) mass is 368 g/mol. The lowest BCUT2D eigenvalue weighted by Crippen LogP contribution is -2.23. The van der Waals surface area contributed by atoms with Crippen molar-refractivity contribution in [1.29, 1.82) is 0 Å². The Morgan fingerprint density at radius 2 is 1.92 bits per heavy atom. The number of hydrogen-bond donors (Lipinski definition) is 3. The minimum Gasteiger partial charge on any atom is -0.481 e. The third kappa shape index (κ3) is 8.45. The lowest BCUT2D eigenvalue weighted by atomic mass is 9.87. The number of aliphatic carboxylic acids is 1. The molecule has 0 amide bonds. The van der Waals surface area contributed by atoms with E-state index in [-0.39, 0.29) is 30.5 Å². The number of rotatable bonds is 13. The molecular weight excluding hydrogens is 332 g/mol. The van der Waals surface area contributed by atoms with Crippen molar-refractivity contribution in [3.63, 3.8) is 0 Å². The van der Waals surface area contributed by atoms with Crippen molar-refractivity contribution >= 4 is 11.8 Å². The molecular formula is C21H36O5. The van der Waals surface area contributed by atoms with Crippen LogP contribution in [0.25, 0.3) is 0 Å². The zero-order valence-corrected chi connectivity index (χ0v) is 16.3. The number of carbonyl (C=O) groups is 2. The molecule has 0 aromatic carbocycles. The van der Waals surface area contributed by atoms with Crippen LogP contribution in [-0.2, 0) is 9.59 Å². The smallest absolute Gasteiger partial charge is 0.303 e. The number of carboxylic acids is 1. The Bertz CT molecular complexity index is 469. The molecule has 4 atom stereocenters. The molecule has 5 nitrogen and oxygen atoms in total. The predicted octanol–water partition coefficient (Wildman–Crippen LogP) is 3.87. The molecule has 0 unspecified atom stereocenters. The Labute approximate surface area is 157 Å². The van der Waals surface area contributed by atoms with E-state index in [2.05, 4.69) is 6.92 Å². The maximum atomic E-state index is 12.2. The zero-order chi connectivity index (χ0) is 19.6. The fourth-order valence-electron chi connectivity index (χ4n) is 3.72. The van der Waals surface area contributed by atoms with Gasteiger partial charge in [-0.2, -0.15) is 0 Å². The highest BCUT2D eigenvalue weighted by Gasteiger charge is 2.39. The SMILES string of the molecule is CCCC[C@@](C)(O)C/C=C/[C@H]1[C@@H](O)CC(=O)[C@@H]1CCCCCCC(=O)O. The van der Waals surface area contributed by atoms with E-state index < -0.39 is 17.7 Å². The molecule has 0 spiro atoms. The van der Waals surface area contributed by atoms with E-state index in [9.17, 15) is 19.8 Å². The lowest BCUT2D eigenvalue weighted by molar-refractivity contribution is -0.137. The molecule has 150 valence electrons. The van der Waals surface area contributed by atoms with Gasteiger partial charge in [0.2, 0.25) is 0 Å². The summed E-state index contributed by atoms with van der Waals surface area (Å²) in [4.78, 5) is 22.7. The van der Waals surface area contributed by atoms with Gasteiger partial charge in [-0.15, -0.1) is 0 Å². The van der Waals surface area contributed by atoms with Gasteiger partial charge >= 0.3 is 5.97 Å². The number of aliphatic hydroxyl groups excluding tert-OH is 1. The highest BCUT2D eigenvalue weighted by Crippen LogP contribution is 2.34. The van der Waals surface area contributed by atoms with Crippen LogP contribution < -0.4 is 0 Å². The van der Waals surface area contributed by atoms with Crippen LogP contribution in [0.15, 0.2) is 12.2 Å². The number of carbonyl (C=O) groups excluding carboxylic acids is 1. The maximum absolute atomic E-state index is 12.2. The van der Waals surface area contributed by atoms with Crippen molar-refractivity contribution in [3.05, 3.63) is 12.2 Å². The Balaban J connectivity index is 2.44. The molecule has 3 N–H and O–H groups in total. The summed E-state index contributed by atoms with van der Waals surface area (Å²) in [6.07, 6.45) is 11.0. The topological polar surface area (TPSA) is 94.8 Å². The fraction of sp³-hybridized carbons (Fsp3) is 0.810. The number of ketones is 1. The fourth-order valence-corrected chi connectivity index (χ4v) is 3.72. The van der Waals surface area contributed by atoms with Crippen molar-refractivity contribution in [2.24, 2.45) is 11.8 Å². The van der Waals surface area contributed by atoms with Gasteiger partial charge in [0.1, 0.15) is 5.78 Å². The first-order valence-electron chi connectivity index (χ1n) is 10.1. The molecule has 0 aliphatic heterocycles. The van der Waals surface area contributed by atoms with Gasteiger partial charge < -0.3 is 15.3 Å². The molecule has 26 heavy (non-hydrogen) atoms. The average molecular weight is 369 g/mol. The zero-order valence-electron chi connectivity index (χ0n) is 16.3. The molecule has 1 rings (SSSR count). The van der Waals surface area contributed by atoms with Crippen LogP contribution in [0.5, 0.6) is 0 Å². The van der Waals surface area contributed by atoms with E-state index in [4.69, 9.17) is 5.11 Å². The average Bonchev–Trinajstić information content (AvgIpc) is 2.82. The van der Waals surface area contributed by atoms with Crippen LogP contribution in [0.2, 0.25) is 0 Å². The standard InChI is InChI=1S/C21H36O5/c1-3-4-13-21(2,26)14-9-11-17-16(18(22)15-19(17)23)10-7-5-6-8-12-20(24)25/h9,11,16-17,19,23,26H,3-8,10,12-15H2,1-2H3,(H,24,25)/b11-9+/t16-,17-,19+,21-/m1/s1. The Hall–Kier alpha value is -1.20. The highest BCUT2D eigenvalue weighted by molar-refractivity contribution is 5.84. The van der Waals surface area contributed by atoms with Crippen molar-refractivity contribution < 1.29 is 24.9 Å². The van der Waals surface area contributed by atoms with Crippen molar-refractivity contribution in [1.82, 2.24) is 0 Å². The number of aliphatic hydroxyl groups is 2. The van der Waals surface area contributed by atoms with E-state index >= 15 is 0 Å². The van der Waals surface area contributed by atoms with Gasteiger partial charge in [-0.3, -0.25) is 9.59 Å². The first kappa shape index (κ1) is 22.8. The van der Waals surface area contributed by atoms with Gasteiger partial charge in [0.05, 0.1) is 11.7 Å². The van der Waals surface area contributed by atoms with E-state index in [1.54, 1.807) is 0 Å². The van der Waals surface area contributed by atoms with Crippen LogP contribution in [0.4, 0.5) is 0 Å². The molecule has 0 bridgehead atoms. The molecule has 1 aliphatic carbocycles. The molecule has 0 heterocycles. The molecule has 0 aromatic heterocycles. The first-order valence-corrected chi connectivity index (χ1v) is 10.1. The third-order valence-corrected chi connectivity index (χ3v) is 5.37. The van der Waals surface area contributed by atoms with Crippen molar-refractivity contribution in [2.75, 3.05) is 0 Å². The molecule has 1 saturated carbocycles. The molecule has 0 saturated heterocycles. The second-order valence-corrected chi connectivity index (χ2v) is 8.00. The number of carboxylic acid groups (broad SMARTS) is 1.